The summed E-state index contributed by atoms with van der Waals surface area (Å²) < 4.78 is 2.52. The molecule has 0 aromatic heterocycles. The lowest BCUT2D eigenvalue weighted by Gasteiger charge is -2.15. The van der Waals surface area contributed by atoms with Gasteiger partial charge in [0.1, 0.15) is 0 Å². The van der Waals surface area contributed by atoms with Gasteiger partial charge in [0, 0.05) is 32.0 Å². The number of rotatable bonds is 3. The molecule has 5 heteroatoms. The van der Waals surface area contributed by atoms with E-state index >= 15 is 0 Å². The van der Waals surface area contributed by atoms with Crippen molar-refractivity contribution >= 4 is 67.0 Å². The third-order valence-corrected chi connectivity index (χ3v) is 5.61. The molecular weight excluding hydrogens is 580 g/mol. The average molecular weight is 598 g/mol. The number of carbonyl (C=O) groups excluding carboxylic acids is 1. The van der Waals surface area contributed by atoms with Gasteiger partial charge in [0.15, 0.2) is 0 Å². The van der Waals surface area contributed by atoms with Crippen molar-refractivity contribution in [2.75, 3.05) is 6.54 Å². The van der Waals surface area contributed by atoms with E-state index in [1.165, 1.54) is 18.3 Å². The summed E-state index contributed by atoms with van der Waals surface area (Å²) in [7, 11) is 0. The first kappa shape index (κ1) is 19.2. The quantitative estimate of drug-likeness (QED) is 0.333. The standard InChI is InChI=1S/C11H12INO.C7H6BrI/c12-10-5-3-9(4-6-10)8-13-7-1-2-11(13)14;8-5-6-1-3-7(9)4-2-6/h3-6H,1-2,7-8H2;1-4H,5H2. The fourth-order valence-electron chi connectivity index (χ4n) is 2.25. The first-order valence-electron chi connectivity index (χ1n) is 7.41. The van der Waals surface area contributed by atoms with E-state index in [1.807, 2.05) is 4.90 Å². The van der Waals surface area contributed by atoms with Crippen LogP contribution in [0.5, 0.6) is 0 Å². The van der Waals surface area contributed by atoms with Crippen LogP contribution in [0.25, 0.3) is 0 Å². The van der Waals surface area contributed by atoms with Crippen molar-refractivity contribution in [2.45, 2.75) is 24.7 Å². The number of benzene rings is 2. The molecule has 0 atom stereocenters. The van der Waals surface area contributed by atoms with Crippen LogP contribution in [0.2, 0.25) is 0 Å². The molecule has 0 radical (unpaired) electrons. The van der Waals surface area contributed by atoms with Gasteiger partial charge < -0.3 is 4.90 Å². The van der Waals surface area contributed by atoms with Crippen LogP contribution in [0, 0.1) is 7.14 Å². The van der Waals surface area contributed by atoms with Crippen molar-refractivity contribution in [1.82, 2.24) is 4.90 Å². The van der Waals surface area contributed by atoms with Crippen LogP contribution in [0.4, 0.5) is 0 Å². The summed E-state index contributed by atoms with van der Waals surface area (Å²) in [5, 5.41) is 0.948. The van der Waals surface area contributed by atoms with Crippen LogP contribution in [0.3, 0.4) is 0 Å². The second-order valence-electron chi connectivity index (χ2n) is 5.31. The predicted molar refractivity (Wildman–Crippen MR) is 116 cm³/mol. The number of hydrogen-bond donors (Lipinski definition) is 0. The first-order valence-corrected chi connectivity index (χ1v) is 10.7. The lowest BCUT2D eigenvalue weighted by Crippen LogP contribution is -2.23. The molecule has 0 N–H and O–H groups in total. The molecule has 1 aliphatic rings. The normalized spacial score (nSPS) is 13.7. The molecule has 1 saturated heterocycles. The van der Waals surface area contributed by atoms with Crippen LogP contribution in [0.15, 0.2) is 48.5 Å². The minimum atomic E-state index is 0.295. The second-order valence-corrected chi connectivity index (χ2v) is 8.36. The highest BCUT2D eigenvalue weighted by atomic mass is 127. The summed E-state index contributed by atoms with van der Waals surface area (Å²) >= 11 is 7.96. The minimum Gasteiger partial charge on any atom is -0.338 e. The molecule has 0 saturated carbocycles. The van der Waals surface area contributed by atoms with E-state index in [1.54, 1.807) is 0 Å². The summed E-state index contributed by atoms with van der Waals surface area (Å²) in [4.78, 5) is 13.3. The van der Waals surface area contributed by atoms with Gasteiger partial charge in [-0.15, -0.1) is 0 Å². The molecule has 0 spiro atoms. The van der Waals surface area contributed by atoms with Gasteiger partial charge in [-0.05, 0) is 87.0 Å². The SMILES string of the molecule is BrCc1ccc(I)cc1.O=C1CCCN1Cc1ccc(I)cc1. The molecule has 0 aliphatic carbocycles. The zero-order valence-electron chi connectivity index (χ0n) is 12.6. The van der Waals surface area contributed by atoms with E-state index in [-0.39, 0.29) is 0 Å². The summed E-state index contributed by atoms with van der Waals surface area (Å²) in [5.74, 6) is 0.295. The summed E-state index contributed by atoms with van der Waals surface area (Å²) in [6, 6.07) is 16.8. The van der Waals surface area contributed by atoms with Gasteiger partial charge in [-0.25, -0.2) is 0 Å². The average Bonchev–Trinajstić information content (AvgIpc) is 2.96. The number of nitrogens with zero attached hydrogens (tertiary/aromatic N) is 1. The molecule has 23 heavy (non-hydrogen) atoms. The fourth-order valence-corrected chi connectivity index (χ4v) is 3.35. The van der Waals surface area contributed by atoms with Crippen LogP contribution in [-0.2, 0) is 16.7 Å². The Morgan fingerprint density at radius 1 is 0.913 bits per heavy atom. The predicted octanol–water partition coefficient (Wildman–Crippen LogP) is 5.60. The van der Waals surface area contributed by atoms with E-state index < -0.39 is 0 Å². The Bertz CT molecular complexity index is 628. The molecule has 2 aromatic rings. The van der Waals surface area contributed by atoms with E-state index in [0.717, 1.165) is 31.3 Å². The smallest absolute Gasteiger partial charge is 0.222 e. The molecule has 1 heterocycles. The number of amides is 1. The topological polar surface area (TPSA) is 20.3 Å². The van der Waals surface area contributed by atoms with Gasteiger partial charge in [-0.2, -0.15) is 0 Å². The van der Waals surface area contributed by atoms with Gasteiger partial charge in [-0.1, -0.05) is 40.2 Å². The minimum absolute atomic E-state index is 0.295. The van der Waals surface area contributed by atoms with Crippen LogP contribution < -0.4 is 0 Å². The zero-order valence-corrected chi connectivity index (χ0v) is 18.5. The van der Waals surface area contributed by atoms with E-state index in [0.29, 0.717) is 5.91 Å². The maximum Gasteiger partial charge on any atom is 0.222 e. The van der Waals surface area contributed by atoms with E-state index in [4.69, 9.17) is 0 Å². The molecule has 3 rings (SSSR count). The first-order chi connectivity index (χ1) is 11.1. The van der Waals surface area contributed by atoms with Crippen LogP contribution in [0.1, 0.15) is 24.0 Å². The summed E-state index contributed by atoms with van der Waals surface area (Å²) in [6.07, 6.45) is 1.74. The molecule has 2 aromatic carbocycles. The van der Waals surface area contributed by atoms with Crippen molar-refractivity contribution in [3.05, 3.63) is 66.8 Å². The maximum atomic E-state index is 11.4. The van der Waals surface area contributed by atoms with Crippen LogP contribution in [-0.4, -0.2) is 17.4 Å². The fraction of sp³-hybridized carbons (Fsp3) is 0.278. The molecule has 1 amide bonds. The van der Waals surface area contributed by atoms with Gasteiger partial charge in [0.05, 0.1) is 0 Å². The lowest BCUT2D eigenvalue weighted by molar-refractivity contribution is -0.128. The summed E-state index contributed by atoms with van der Waals surface area (Å²) in [6.45, 7) is 1.70. The largest absolute Gasteiger partial charge is 0.338 e. The number of hydrogen-bond acceptors (Lipinski definition) is 1. The summed E-state index contributed by atoms with van der Waals surface area (Å²) in [5.41, 5.74) is 2.55. The van der Waals surface area contributed by atoms with Gasteiger partial charge in [-0.3, -0.25) is 4.79 Å². The van der Waals surface area contributed by atoms with Crippen molar-refractivity contribution in [3.63, 3.8) is 0 Å². The molecule has 1 fully saturated rings. The van der Waals surface area contributed by atoms with E-state index in [2.05, 4.69) is 110 Å². The molecule has 122 valence electrons. The highest BCUT2D eigenvalue weighted by Gasteiger charge is 2.19. The van der Waals surface area contributed by atoms with Crippen molar-refractivity contribution in [3.8, 4) is 0 Å². The Morgan fingerprint density at radius 3 is 1.87 bits per heavy atom. The molecule has 0 bridgehead atoms. The Hall–Kier alpha value is -0.150. The van der Waals surface area contributed by atoms with Gasteiger partial charge in [0.25, 0.3) is 0 Å². The monoisotopic (exact) mass is 597 g/mol. The second kappa shape index (κ2) is 9.98. The van der Waals surface area contributed by atoms with E-state index in [9.17, 15) is 4.79 Å². The molecule has 1 aliphatic heterocycles. The van der Waals surface area contributed by atoms with Gasteiger partial charge >= 0.3 is 0 Å². The third-order valence-electron chi connectivity index (χ3n) is 3.53. The van der Waals surface area contributed by atoms with Crippen LogP contribution >= 0.6 is 61.1 Å². The number of carbonyl (C=O) groups is 1. The number of halogens is 3. The Morgan fingerprint density at radius 2 is 1.43 bits per heavy atom. The highest BCUT2D eigenvalue weighted by Crippen LogP contribution is 2.15. The van der Waals surface area contributed by atoms with Gasteiger partial charge in [0.2, 0.25) is 5.91 Å². The molecular formula is C18H18BrI2NO. The Kier molecular flexibility index (Phi) is 8.32. The lowest BCUT2D eigenvalue weighted by atomic mass is 10.2. The number of likely N-dealkylation sites (tertiary alicyclic amines) is 1. The Balaban J connectivity index is 0.000000185. The number of alkyl halides is 1. The van der Waals surface area contributed by atoms with Crippen molar-refractivity contribution in [2.24, 2.45) is 0 Å². The zero-order chi connectivity index (χ0) is 16.7. The highest BCUT2D eigenvalue weighted by molar-refractivity contribution is 14.1. The molecule has 0 unspecified atom stereocenters. The van der Waals surface area contributed by atoms with Crippen molar-refractivity contribution in [1.29, 1.82) is 0 Å². The maximum absolute atomic E-state index is 11.4. The third kappa shape index (κ3) is 6.70. The van der Waals surface area contributed by atoms with Crippen molar-refractivity contribution < 1.29 is 4.79 Å². The Labute approximate surface area is 173 Å². The molecule has 2 nitrogen and oxygen atoms in total.